The Hall–Kier alpha value is -3.56. The zero-order valence-electron chi connectivity index (χ0n) is 15.1. The second-order valence-corrected chi connectivity index (χ2v) is 6.60. The van der Waals surface area contributed by atoms with E-state index in [0.29, 0.717) is 36.2 Å². The van der Waals surface area contributed by atoms with Crippen LogP contribution in [0.3, 0.4) is 0 Å². The molecule has 0 spiro atoms. The molecule has 0 saturated heterocycles. The maximum Gasteiger partial charge on any atom is 0.387 e. The third-order valence-corrected chi connectivity index (χ3v) is 4.71. The van der Waals surface area contributed by atoms with Crippen LogP contribution in [0.2, 0.25) is 0 Å². The predicted octanol–water partition coefficient (Wildman–Crippen LogP) is 3.09. The minimum atomic E-state index is -2.88. The van der Waals surface area contributed by atoms with Crippen LogP contribution in [0.15, 0.2) is 41.4 Å². The van der Waals surface area contributed by atoms with Crippen LogP contribution in [-0.4, -0.2) is 35.3 Å². The number of nitrogens with two attached hydrogens (primary N) is 1. The zero-order valence-corrected chi connectivity index (χ0v) is 15.1. The molecule has 150 valence electrons. The second kappa shape index (κ2) is 6.80. The van der Waals surface area contributed by atoms with Gasteiger partial charge in [0.1, 0.15) is 5.75 Å². The fraction of sp³-hybridized carbons (Fsp3) is 0.263. The third-order valence-electron chi connectivity index (χ3n) is 4.71. The highest BCUT2D eigenvalue weighted by Crippen LogP contribution is 2.39. The molecule has 3 aromatic rings. The van der Waals surface area contributed by atoms with Crippen LogP contribution in [0.25, 0.3) is 11.0 Å². The topological polar surface area (TPSA) is 95.9 Å². The smallest absolute Gasteiger partial charge is 0.387 e. The number of guanidine groups is 1. The lowest BCUT2D eigenvalue weighted by Crippen LogP contribution is -2.31. The Balaban J connectivity index is 1.60. The van der Waals surface area contributed by atoms with Crippen LogP contribution < -0.4 is 25.3 Å². The molecule has 2 aliphatic rings. The van der Waals surface area contributed by atoms with Gasteiger partial charge in [0, 0.05) is 18.6 Å². The summed E-state index contributed by atoms with van der Waals surface area (Å²) in [5.41, 5.74) is 8.17. The number of imidazole rings is 1. The van der Waals surface area contributed by atoms with E-state index < -0.39 is 12.8 Å². The van der Waals surface area contributed by atoms with Gasteiger partial charge in [0.15, 0.2) is 23.6 Å². The molecule has 0 radical (unpaired) electrons. The number of halogens is 2. The minimum absolute atomic E-state index is 0.0706. The summed E-state index contributed by atoms with van der Waals surface area (Å²) in [6, 6.07) is 9.97. The first-order valence-electron chi connectivity index (χ1n) is 9.05. The molecule has 3 heterocycles. The second-order valence-electron chi connectivity index (χ2n) is 6.60. The van der Waals surface area contributed by atoms with Crippen molar-refractivity contribution in [2.75, 3.05) is 18.5 Å². The average molecular weight is 401 g/mol. The monoisotopic (exact) mass is 401 g/mol. The number of aromatic nitrogens is 2. The lowest BCUT2D eigenvalue weighted by molar-refractivity contribution is -0.0498. The van der Waals surface area contributed by atoms with Crippen molar-refractivity contribution in [3.05, 3.63) is 42.0 Å². The largest absolute Gasteiger partial charge is 0.489 e. The molecular formula is C19H17F2N5O3. The summed E-state index contributed by atoms with van der Waals surface area (Å²) in [6.07, 6.45) is 0.275. The van der Waals surface area contributed by atoms with Gasteiger partial charge in [-0.05, 0) is 17.7 Å². The Morgan fingerprint density at radius 1 is 1.14 bits per heavy atom. The molecule has 2 aliphatic heterocycles. The van der Waals surface area contributed by atoms with Crippen LogP contribution in [-0.2, 0) is 0 Å². The van der Waals surface area contributed by atoms with Crippen molar-refractivity contribution < 1.29 is 23.0 Å². The Kier molecular flexibility index (Phi) is 4.11. The van der Waals surface area contributed by atoms with Gasteiger partial charge in [-0.3, -0.25) is 9.88 Å². The molecule has 29 heavy (non-hydrogen) atoms. The summed E-state index contributed by atoms with van der Waals surface area (Å²) in [7, 11) is 0. The molecule has 2 aromatic carbocycles. The van der Waals surface area contributed by atoms with Crippen LogP contribution in [0.1, 0.15) is 18.2 Å². The number of hydrogen-bond donors (Lipinski definition) is 2. The molecule has 0 amide bonds. The number of rotatable bonds is 3. The van der Waals surface area contributed by atoms with Crippen LogP contribution in [0.5, 0.6) is 17.2 Å². The SMILES string of the molecule is NC1=N[C@@H](c2ccc(OC(F)F)cc2)n2c(nc3cc4c(cc32)OCCCO4)N1. The molecule has 3 N–H and O–H groups in total. The number of hydrogen-bond acceptors (Lipinski definition) is 7. The zero-order chi connectivity index (χ0) is 20.0. The van der Waals surface area contributed by atoms with Crippen molar-refractivity contribution in [3.8, 4) is 17.2 Å². The van der Waals surface area contributed by atoms with Crippen molar-refractivity contribution in [3.63, 3.8) is 0 Å². The van der Waals surface area contributed by atoms with Gasteiger partial charge in [0.25, 0.3) is 0 Å². The molecule has 0 fully saturated rings. The van der Waals surface area contributed by atoms with E-state index in [1.165, 1.54) is 12.1 Å². The van der Waals surface area contributed by atoms with Gasteiger partial charge in [0.2, 0.25) is 5.95 Å². The first kappa shape index (κ1) is 17.5. The number of benzene rings is 2. The lowest BCUT2D eigenvalue weighted by atomic mass is 10.1. The molecule has 1 aromatic heterocycles. The summed E-state index contributed by atoms with van der Waals surface area (Å²) in [6.45, 7) is -1.73. The Bertz CT molecular complexity index is 1100. The van der Waals surface area contributed by atoms with Gasteiger partial charge >= 0.3 is 6.61 Å². The molecule has 0 unspecified atom stereocenters. The lowest BCUT2D eigenvalue weighted by Gasteiger charge is -2.24. The van der Waals surface area contributed by atoms with Gasteiger partial charge in [-0.2, -0.15) is 8.78 Å². The van der Waals surface area contributed by atoms with Crippen LogP contribution in [0, 0.1) is 0 Å². The van der Waals surface area contributed by atoms with Crippen molar-refractivity contribution >= 4 is 22.9 Å². The fourth-order valence-corrected chi connectivity index (χ4v) is 3.47. The van der Waals surface area contributed by atoms with Crippen LogP contribution in [0.4, 0.5) is 14.7 Å². The highest BCUT2D eigenvalue weighted by Gasteiger charge is 2.27. The number of nitrogens with one attached hydrogen (secondary N) is 1. The molecule has 10 heteroatoms. The Labute approximate surface area is 163 Å². The summed E-state index contributed by atoms with van der Waals surface area (Å²) < 4.78 is 42.7. The maximum absolute atomic E-state index is 12.4. The van der Waals surface area contributed by atoms with E-state index in [1.54, 1.807) is 12.1 Å². The minimum Gasteiger partial charge on any atom is -0.489 e. The van der Waals surface area contributed by atoms with Crippen molar-refractivity contribution in [2.24, 2.45) is 10.7 Å². The molecular weight excluding hydrogens is 384 g/mol. The standard InChI is InChI=1S/C19H17F2N5O3/c20-17(21)29-11-4-2-10(3-5-11)16-24-18(22)25-19-23-12-8-14-15(9-13(12)26(16)19)28-7-1-6-27-14/h2-5,8-9,16-17H,1,6-7H2,(H3,22,23,24,25)/t16-/m1/s1. The van der Waals surface area contributed by atoms with E-state index >= 15 is 0 Å². The quantitative estimate of drug-likeness (QED) is 0.700. The number of ether oxygens (including phenoxy) is 3. The third kappa shape index (κ3) is 3.16. The number of nitrogens with zero attached hydrogens (tertiary/aromatic N) is 3. The highest BCUT2D eigenvalue weighted by molar-refractivity contribution is 5.95. The van der Waals surface area contributed by atoms with Gasteiger partial charge in [0.05, 0.1) is 24.2 Å². The molecule has 0 aliphatic carbocycles. The number of aliphatic imine (C=N–C) groups is 1. The summed E-state index contributed by atoms with van der Waals surface area (Å²) in [5.74, 6) is 2.08. The molecule has 8 nitrogen and oxygen atoms in total. The number of fused-ring (bicyclic) bond motifs is 4. The van der Waals surface area contributed by atoms with Gasteiger partial charge < -0.3 is 19.9 Å². The van der Waals surface area contributed by atoms with E-state index in [-0.39, 0.29) is 11.7 Å². The van der Waals surface area contributed by atoms with Gasteiger partial charge in [-0.15, -0.1) is 0 Å². The average Bonchev–Trinajstić information content (AvgIpc) is 2.87. The van der Waals surface area contributed by atoms with E-state index in [9.17, 15) is 8.78 Å². The van der Waals surface area contributed by atoms with E-state index in [4.69, 9.17) is 15.2 Å². The maximum atomic E-state index is 12.4. The van der Waals surface area contributed by atoms with Gasteiger partial charge in [-0.1, -0.05) is 12.1 Å². The first-order valence-corrected chi connectivity index (χ1v) is 9.05. The van der Waals surface area contributed by atoms with Crippen molar-refractivity contribution in [1.82, 2.24) is 9.55 Å². The van der Waals surface area contributed by atoms with Crippen LogP contribution >= 0.6 is 0 Å². The number of alkyl halides is 2. The van der Waals surface area contributed by atoms with E-state index in [0.717, 1.165) is 17.5 Å². The molecule has 0 bridgehead atoms. The summed E-state index contributed by atoms with van der Waals surface area (Å²) in [5, 5.41) is 2.96. The molecule has 0 saturated carbocycles. The van der Waals surface area contributed by atoms with E-state index in [2.05, 4.69) is 20.0 Å². The normalized spacial score (nSPS) is 18.0. The highest BCUT2D eigenvalue weighted by atomic mass is 19.3. The van der Waals surface area contributed by atoms with Crippen molar-refractivity contribution in [2.45, 2.75) is 19.2 Å². The predicted molar refractivity (Wildman–Crippen MR) is 102 cm³/mol. The van der Waals surface area contributed by atoms with Gasteiger partial charge in [-0.25, -0.2) is 9.98 Å². The summed E-state index contributed by atoms with van der Waals surface area (Å²) >= 11 is 0. The van der Waals surface area contributed by atoms with E-state index in [1.807, 2.05) is 16.7 Å². The number of anilines is 1. The van der Waals surface area contributed by atoms with Crippen molar-refractivity contribution in [1.29, 1.82) is 0 Å². The first-order chi connectivity index (χ1) is 14.1. The Morgan fingerprint density at radius 2 is 1.86 bits per heavy atom. The molecule has 1 atom stereocenters. The Morgan fingerprint density at radius 3 is 2.59 bits per heavy atom. The molecule has 5 rings (SSSR count). The fourth-order valence-electron chi connectivity index (χ4n) is 3.47. The summed E-state index contributed by atoms with van der Waals surface area (Å²) in [4.78, 5) is 9.09.